The Balaban J connectivity index is 1.99. The lowest BCUT2D eigenvalue weighted by molar-refractivity contribution is -0.116. The fourth-order valence-corrected chi connectivity index (χ4v) is 1.75. The highest BCUT2D eigenvalue weighted by Gasteiger charge is 2.03. The minimum absolute atomic E-state index is 0.0349. The van der Waals surface area contributed by atoms with E-state index in [9.17, 15) is 4.79 Å². The van der Waals surface area contributed by atoms with Gasteiger partial charge in [0.05, 0.1) is 0 Å². The molecule has 20 heavy (non-hydrogen) atoms. The maximum Gasteiger partial charge on any atom is 0.224 e. The van der Waals surface area contributed by atoms with Gasteiger partial charge in [0.15, 0.2) is 0 Å². The average molecular weight is 270 g/mol. The zero-order valence-electron chi connectivity index (χ0n) is 11.2. The second-order valence-corrected chi connectivity index (χ2v) is 4.38. The summed E-state index contributed by atoms with van der Waals surface area (Å²) in [6.07, 6.45) is 1.12. The van der Waals surface area contributed by atoms with E-state index in [1.54, 1.807) is 6.07 Å². The number of carbonyl (C=O) groups is 1. The number of hydrogen-bond acceptors (Lipinski definition) is 3. The quantitative estimate of drug-likeness (QED) is 0.847. The van der Waals surface area contributed by atoms with Gasteiger partial charge in [0.25, 0.3) is 0 Å². The molecule has 0 radical (unpaired) electrons. The van der Waals surface area contributed by atoms with Crippen LogP contribution in [0.15, 0.2) is 54.6 Å². The molecule has 0 bridgehead atoms. The van der Waals surface area contributed by atoms with Crippen LogP contribution in [-0.2, 0) is 4.79 Å². The first-order chi connectivity index (χ1) is 9.78. The van der Waals surface area contributed by atoms with Crippen LogP contribution in [0.4, 0.5) is 5.69 Å². The number of hydrogen-bond donors (Lipinski definition) is 2. The van der Waals surface area contributed by atoms with Gasteiger partial charge in [-0.3, -0.25) is 4.79 Å². The van der Waals surface area contributed by atoms with Crippen LogP contribution in [0.25, 0.3) is 0 Å². The molecular formula is C16H18N2O2. The second kappa shape index (κ2) is 7.31. The zero-order valence-corrected chi connectivity index (χ0v) is 11.2. The van der Waals surface area contributed by atoms with Crippen molar-refractivity contribution >= 4 is 11.6 Å². The molecule has 2 aromatic carbocycles. The summed E-state index contributed by atoms with van der Waals surface area (Å²) >= 11 is 0. The normalized spacial score (nSPS) is 10.1. The number of para-hydroxylation sites is 1. The topological polar surface area (TPSA) is 64.4 Å². The summed E-state index contributed by atoms with van der Waals surface area (Å²) in [4.78, 5) is 11.6. The minimum Gasteiger partial charge on any atom is -0.457 e. The van der Waals surface area contributed by atoms with Crippen LogP contribution in [0.3, 0.4) is 0 Å². The predicted molar refractivity (Wildman–Crippen MR) is 79.9 cm³/mol. The number of ether oxygens (including phenoxy) is 1. The number of rotatable bonds is 6. The van der Waals surface area contributed by atoms with Gasteiger partial charge in [0.1, 0.15) is 11.5 Å². The van der Waals surface area contributed by atoms with Crippen LogP contribution in [-0.4, -0.2) is 12.5 Å². The lowest BCUT2D eigenvalue weighted by Crippen LogP contribution is -2.13. The lowest BCUT2D eigenvalue weighted by Gasteiger charge is -2.08. The number of carbonyl (C=O) groups excluding carboxylic acids is 1. The van der Waals surface area contributed by atoms with Crippen molar-refractivity contribution < 1.29 is 9.53 Å². The zero-order chi connectivity index (χ0) is 14.2. The molecule has 0 saturated carbocycles. The molecule has 0 aromatic heterocycles. The van der Waals surface area contributed by atoms with Gasteiger partial charge in [-0.15, -0.1) is 0 Å². The number of amides is 1. The highest BCUT2D eigenvalue weighted by atomic mass is 16.5. The van der Waals surface area contributed by atoms with E-state index in [2.05, 4.69) is 5.32 Å². The first-order valence-electron chi connectivity index (χ1n) is 6.61. The van der Waals surface area contributed by atoms with Crippen LogP contribution in [0.1, 0.15) is 12.8 Å². The Hall–Kier alpha value is -2.33. The summed E-state index contributed by atoms with van der Waals surface area (Å²) in [5.74, 6) is 1.42. The number of anilines is 1. The molecule has 0 saturated heterocycles. The Bertz CT molecular complexity index is 555. The monoisotopic (exact) mass is 270 g/mol. The van der Waals surface area contributed by atoms with E-state index >= 15 is 0 Å². The van der Waals surface area contributed by atoms with Gasteiger partial charge in [-0.05, 0) is 37.2 Å². The minimum atomic E-state index is -0.0349. The third-order valence-corrected chi connectivity index (χ3v) is 2.70. The summed E-state index contributed by atoms with van der Waals surface area (Å²) < 4.78 is 5.71. The van der Waals surface area contributed by atoms with Gasteiger partial charge in [-0.25, -0.2) is 0 Å². The summed E-state index contributed by atoms with van der Waals surface area (Å²) in [6.45, 7) is 0.518. The van der Waals surface area contributed by atoms with E-state index in [0.29, 0.717) is 25.1 Å². The highest BCUT2D eigenvalue weighted by Crippen LogP contribution is 2.23. The largest absolute Gasteiger partial charge is 0.457 e. The molecule has 0 atom stereocenters. The van der Waals surface area contributed by atoms with Crippen molar-refractivity contribution in [2.75, 3.05) is 11.9 Å². The SMILES string of the molecule is NCCCC(=O)Nc1cccc(Oc2ccccc2)c1. The molecule has 2 rings (SSSR count). The van der Waals surface area contributed by atoms with Crippen molar-refractivity contribution in [3.05, 3.63) is 54.6 Å². The molecule has 1 amide bonds. The van der Waals surface area contributed by atoms with Crippen molar-refractivity contribution in [2.24, 2.45) is 5.73 Å². The smallest absolute Gasteiger partial charge is 0.224 e. The van der Waals surface area contributed by atoms with Crippen LogP contribution in [0.5, 0.6) is 11.5 Å². The van der Waals surface area contributed by atoms with Crippen LogP contribution >= 0.6 is 0 Å². The van der Waals surface area contributed by atoms with Crippen LogP contribution in [0.2, 0.25) is 0 Å². The van der Waals surface area contributed by atoms with E-state index < -0.39 is 0 Å². The van der Waals surface area contributed by atoms with Gasteiger partial charge in [-0.2, -0.15) is 0 Å². The number of nitrogens with two attached hydrogens (primary N) is 1. The van der Waals surface area contributed by atoms with Crippen molar-refractivity contribution in [2.45, 2.75) is 12.8 Å². The summed E-state index contributed by atoms with van der Waals surface area (Å²) in [5.41, 5.74) is 6.10. The Labute approximate surface area is 118 Å². The Kier molecular flexibility index (Phi) is 5.15. The second-order valence-electron chi connectivity index (χ2n) is 4.38. The van der Waals surface area contributed by atoms with Gasteiger partial charge in [0.2, 0.25) is 5.91 Å². The van der Waals surface area contributed by atoms with E-state index in [1.807, 2.05) is 48.5 Å². The molecule has 0 unspecified atom stereocenters. The van der Waals surface area contributed by atoms with Crippen molar-refractivity contribution in [3.63, 3.8) is 0 Å². The maximum atomic E-state index is 11.6. The molecule has 0 fully saturated rings. The molecule has 0 aliphatic carbocycles. The third-order valence-electron chi connectivity index (χ3n) is 2.70. The molecule has 0 aliphatic rings. The van der Waals surface area contributed by atoms with Crippen molar-refractivity contribution in [1.82, 2.24) is 0 Å². The fraction of sp³-hybridized carbons (Fsp3) is 0.188. The van der Waals surface area contributed by atoms with E-state index in [1.165, 1.54) is 0 Å². The number of nitrogens with one attached hydrogen (secondary N) is 1. The average Bonchev–Trinajstić information content (AvgIpc) is 2.46. The highest BCUT2D eigenvalue weighted by molar-refractivity contribution is 5.90. The molecule has 2 aromatic rings. The fourth-order valence-electron chi connectivity index (χ4n) is 1.75. The van der Waals surface area contributed by atoms with Gasteiger partial charge in [0, 0.05) is 18.2 Å². The predicted octanol–water partition coefficient (Wildman–Crippen LogP) is 3.16. The Morgan fingerprint density at radius 3 is 2.55 bits per heavy atom. The molecule has 0 heterocycles. The van der Waals surface area contributed by atoms with E-state index in [4.69, 9.17) is 10.5 Å². The third kappa shape index (κ3) is 4.40. The van der Waals surface area contributed by atoms with Crippen molar-refractivity contribution in [1.29, 1.82) is 0 Å². The van der Waals surface area contributed by atoms with Crippen LogP contribution < -0.4 is 15.8 Å². The first kappa shape index (κ1) is 14.1. The molecule has 4 nitrogen and oxygen atoms in total. The summed E-state index contributed by atoms with van der Waals surface area (Å²) in [5, 5.41) is 2.83. The molecule has 0 aliphatic heterocycles. The molecule has 4 heteroatoms. The molecule has 0 spiro atoms. The molecular weight excluding hydrogens is 252 g/mol. The van der Waals surface area contributed by atoms with E-state index in [-0.39, 0.29) is 5.91 Å². The maximum absolute atomic E-state index is 11.6. The number of benzene rings is 2. The first-order valence-corrected chi connectivity index (χ1v) is 6.61. The summed E-state index contributed by atoms with van der Waals surface area (Å²) in [7, 11) is 0. The molecule has 104 valence electrons. The van der Waals surface area contributed by atoms with Gasteiger partial charge >= 0.3 is 0 Å². The lowest BCUT2D eigenvalue weighted by atomic mass is 10.2. The summed E-state index contributed by atoms with van der Waals surface area (Å²) in [6, 6.07) is 16.8. The van der Waals surface area contributed by atoms with E-state index in [0.717, 1.165) is 11.4 Å². The van der Waals surface area contributed by atoms with Crippen molar-refractivity contribution in [3.8, 4) is 11.5 Å². The van der Waals surface area contributed by atoms with Gasteiger partial charge in [-0.1, -0.05) is 24.3 Å². The molecule has 3 N–H and O–H groups in total. The Morgan fingerprint density at radius 2 is 1.80 bits per heavy atom. The van der Waals surface area contributed by atoms with Gasteiger partial charge < -0.3 is 15.8 Å². The standard InChI is InChI=1S/C16H18N2O2/c17-11-5-10-16(19)18-13-6-4-9-15(12-13)20-14-7-2-1-3-8-14/h1-4,6-9,12H,5,10-11,17H2,(H,18,19). The van der Waals surface area contributed by atoms with Crippen LogP contribution in [0, 0.1) is 0 Å². The Morgan fingerprint density at radius 1 is 1.05 bits per heavy atom.